The van der Waals surface area contributed by atoms with Crippen LogP contribution in [0.25, 0.3) is 0 Å². The van der Waals surface area contributed by atoms with Crippen molar-refractivity contribution < 1.29 is 9.84 Å². The van der Waals surface area contributed by atoms with Crippen LogP contribution in [-0.2, 0) is 11.2 Å². The molecule has 1 aromatic carbocycles. The molecule has 0 aliphatic heterocycles. The normalized spacial score (nSPS) is 13.8. The van der Waals surface area contributed by atoms with E-state index in [1.165, 1.54) is 5.56 Å². The molecule has 2 heteroatoms. The standard InChI is InChI=1S/C14H22O2/c1-5-11-7-9-12(10-8-11)13(15)14(3,4)16-6-2/h7-10,13,15H,5-6H2,1-4H3. The lowest BCUT2D eigenvalue weighted by atomic mass is 9.93. The van der Waals surface area contributed by atoms with Crippen molar-refractivity contribution in [3.63, 3.8) is 0 Å². The molecule has 0 saturated carbocycles. The van der Waals surface area contributed by atoms with Gasteiger partial charge in [-0.1, -0.05) is 31.2 Å². The van der Waals surface area contributed by atoms with Crippen LogP contribution >= 0.6 is 0 Å². The highest BCUT2D eigenvalue weighted by Crippen LogP contribution is 2.28. The van der Waals surface area contributed by atoms with E-state index in [4.69, 9.17) is 4.74 Å². The molecule has 1 N–H and O–H groups in total. The minimum atomic E-state index is -0.585. The molecule has 16 heavy (non-hydrogen) atoms. The maximum Gasteiger partial charge on any atom is 0.107 e. The second kappa shape index (κ2) is 5.46. The van der Waals surface area contributed by atoms with Crippen LogP contribution in [0.1, 0.15) is 44.9 Å². The zero-order valence-electron chi connectivity index (χ0n) is 10.7. The molecule has 0 amide bonds. The van der Waals surface area contributed by atoms with Crippen LogP contribution in [0.2, 0.25) is 0 Å². The van der Waals surface area contributed by atoms with Crippen LogP contribution in [0.5, 0.6) is 0 Å². The van der Waals surface area contributed by atoms with E-state index in [9.17, 15) is 5.11 Å². The van der Waals surface area contributed by atoms with E-state index in [1.54, 1.807) is 0 Å². The van der Waals surface area contributed by atoms with Crippen LogP contribution in [0.15, 0.2) is 24.3 Å². The highest BCUT2D eigenvalue weighted by molar-refractivity contribution is 5.25. The summed E-state index contributed by atoms with van der Waals surface area (Å²) in [6.45, 7) is 8.49. The highest BCUT2D eigenvalue weighted by Gasteiger charge is 2.29. The van der Waals surface area contributed by atoms with Crippen LogP contribution in [0.4, 0.5) is 0 Å². The lowest BCUT2D eigenvalue weighted by molar-refractivity contribution is -0.0983. The third kappa shape index (κ3) is 3.06. The Kier molecular flexibility index (Phi) is 4.51. The summed E-state index contributed by atoms with van der Waals surface area (Å²) in [5.74, 6) is 0. The van der Waals surface area contributed by atoms with Gasteiger partial charge in [-0.2, -0.15) is 0 Å². The minimum Gasteiger partial charge on any atom is -0.385 e. The van der Waals surface area contributed by atoms with Crippen molar-refractivity contribution in [3.8, 4) is 0 Å². The van der Waals surface area contributed by atoms with Gasteiger partial charge < -0.3 is 9.84 Å². The second-order valence-corrected chi connectivity index (χ2v) is 4.53. The number of aliphatic hydroxyl groups is 1. The van der Waals surface area contributed by atoms with Crippen molar-refractivity contribution >= 4 is 0 Å². The second-order valence-electron chi connectivity index (χ2n) is 4.53. The third-order valence-corrected chi connectivity index (χ3v) is 2.88. The Balaban J connectivity index is 2.83. The number of ether oxygens (including phenoxy) is 1. The number of aliphatic hydroxyl groups excluding tert-OH is 1. The molecule has 2 nitrogen and oxygen atoms in total. The molecule has 1 atom stereocenters. The van der Waals surface area contributed by atoms with Gasteiger partial charge in [-0.25, -0.2) is 0 Å². The SMILES string of the molecule is CCOC(C)(C)C(O)c1ccc(CC)cc1. The maximum absolute atomic E-state index is 10.2. The minimum absolute atomic E-state index is 0.539. The van der Waals surface area contributed by atoms with Crippen molar-refractivity contribution in [1.29, 1.82) is 0 Å². The molecule has 0 radical (unpaired) electrons. The van der Waals surface area contributed by atoms with Crippen molar-refractivity contribution in [2.24, 2.45) is 0 Å². The van der Waals surface area contributed by atoms with Gasteiger partial charge in [0.1, 0.15) is 6.10 Å². The first-order chi connectivity index (χ1) is 7.51. The molecular formula is C14H22O2. The summed E-state index contributed by atoms with van der Waals surface area (Å²) in [7, 11) is 0. The van der Waals surface area contributed by atoms with E-state index in [-0.39, 0.29) is 0 Å². The van der Waals surface area contributed by atoms with E-state index in [0.29, 0.717) is 6.61 Å². The number of rotatable bonds is 5. The van der Waals surface area contributed by atoms with Gasteiger partial charge in [0.25, 0.3) is 0 Å². The van der Waals surface area contributed by atoms with Gasteiger partial charge in [0.2, 0.25) is 0 Å². The van der Waals surface area contributed by atoms with Crippen molar-refractivity contribution in [1.82, 2.24) is 0 Å². The molecule has 0 aromatic heterocycles. The zero-order valence-corrected chi connectivity index (χ0v) is 10.7. The maximum atomic E-state index is 10.2. The van der Waals surface area contributed by atoms with E-state index in [1.807, 2.05) is 32.9 Å². The number of hydrogen-bond donors (Lipinski definition) is 1. The Morgan fingerprint density at radius 2 is 1.75 bits per heavy atom. The van der Waals surface area contributed by atoms with Gasteiger partial charge in [-0.05, 0) is 38.3 Å². The first-order valence-electron chi connectivity index (χ1n) is 5.92. The van der Waals surface area contributed by atoms with Gasteiger partial charge in [0, 0.05) is 6.61 Å². The molecular weight excluding hydrogens is 200 g/mol. The van der Waals surface area contributed by atoms with E-state index in [2.05, 4.69) is 19.1 Å². The monoisotopic (exact) mass is 222 g/mol. The summed E-state index contributed by atoms with van der Waals surface area (Å²) in [5.41, 5.74) is 1.66. The Bertz CT molecular complexity index is 314. The molecule has 0 saturated heterocycles. The van der Waals surface area contributed by atoms with Crippen LogP contribution in [-0.4, -0.2) is 17.3 Å². The smallest absolute Gasteiger partial charge is 0.107 e. The molecule has 0 fully saturated rings. The summed E-state index contributed by atoms with van der Waals surface area (Å²) in [5, 5.41) is 10.2. The topological polar surface area (TPSA) is 29.5 Å². The van der Waals surface area contributed by atoms with E-state index in [0.717, 1.165) is 12.0 Å². The van der Waals surface area contributed by atoms with Crippen molar-refractivity contribution in [3.05, 3.63) is 35.4 Å². The fraction of sp³-hybridized carbons (Fsp3) is 0.571. The zero-order chi connectivity index (χ0) is 12.2. The lowest BCUT2D eigenvalue weighted by Crippen LogP contribution is -2.32. The Labute approximate surface area is 98.3 Å². The molecule has 0 aliphatic carbocycles. The molecule has 90 valence electrons. The van der Waals surface area contributed by atoms with Gasteiger partial charge >= 0.3 is 0 Å². The molecule has 0 spiro atoms. The number of aryl methyl sites for hydroxylation is 1. The summed E-state index contributed by atoms with van der Waals surface area (Å²) < 4.78 is 5.55. The summed E-state index contributed by atoms with van der Waals surface area (Å²) >= 11 is 0. The molecule has 0 bridgehead atoms. The first-order valence-corrected chi connectivity index (χ1v) is 5.92. The summed E-state index contributed by atoms with van der Waals surface area (Å²) in [6.07, 6.45) is 0.434. The molecule has 1 rings (SSSR count). The van der Waals surface area contributed by atoms with Crippen molar-refractivity contribution in [2.45, 2.75) is 45.8 Å². The van der Waals surface area contributed by atoms with Crippen LogP contribution in [0.3, 0.4) is 0 Å². The third-order valence-electron chi connectivity index (χ3n) is 2.88. The number of hydrogen-bond acceptors (Lipinski definition) is 2. The van der Waals surface area contributed by atoms with Crippen LogP contribution < -0.4 is 0 Å². The highest BCUT2D eigenvalue weighted by atomic mass is 16.5. The van der Waals surface area contributed by atoms with Gasteiger partial charge in [0.05, 0.1) is 5.60 Å². The summed E-state index contributed by atoms with van der Waals surface area (Å²) in [6, 6.07) is 8.07. The predicted octanol–water partition coefficient (Wildman–Crippen LogP) is 3.10. The fourth-order valence-electron chi connectivity index (χ4n) is 1.79. The van der Waals surface area contributed by atoms with Gasteiger partial charge in [-0.15, -0.1) is 0 Å². The average molecular weight is 222 g/mol. The summed E-state index contributed by atoms with van der Waals surface area (Å²) in [4.78, 5) is 0. The Morgan fingerprint density at radius 1 is 1.19 bits per heavy atom. The van der Waals surface area contributed by atoms with Crippen molar-refractivity contribution in [2.75, 3.05) is 6.61 Å². The van der Waals surface area contributed by atoms with E-state index >= 15 is 0 Å². The van der Waals surface area contributed by atoms with Gasteiger partial charge in [-0.3, -0.25) is 0 Å². The predicted molar refractivity (Wildman–Crippen MR) is 66.5 cm³/mol. The lowest BCUT2D eigenvalue weighted by Gasteiger charge is -2.30. The molecule has 1 aromatic rings. The fourth-order valence-corrected chi connectivity index (χ4v) is 1.79. The first kappa shape index (κ1) is 13.2. The average Bonchev–Trinajstić information content (AvgIpc) is 2.28. The van der Waals surface area contributed by atoms with Gasteiger partial charge in [0.15, 0.2) is 0 Å². The van der Waals surface area contributed by atoms with E-state index < -0.39 is 11.7 Å². The molecule has 1 unspecified atom stereocenters. The Morgan fingerprint density at radius 3 is 2.19 bits per heavy atom. The largest absolute Gasteiger partial charge is 0.385 e. The molecule has 0 heterocycles. The van der Waals surface area contributed by atoms with Crippen LogP contribution in [0, 0.1) is 0 Å². The quantitative estimate of drug-likeness (QED) is 0.829. The Hall–Kier alpha value is -0.860. The number of benzene rings is 1. The molecule has 0 aliphatic rings.